The number of fused-ring (bicyclic) bond motifs is 2. The third-order valence-corrected chi connectivity index (χ3v) is 4.02. The molecule has 2 aliphatic rings. The molecule has 5 heteroatoms. The summed E-state index contributed by atoms with van der Waals surface area (Å²) >= 11 is 0. The standard InChI is InChI=1S/C18H19FO4/c19-13-7-5-12(6-8-13)16-4-2-1-3-14-9-10-15(20)17(22-14)11-18(21)23-16/h1-2,5-10,14-17,20H,3-4,11H2/b2-1-/t14-,15+,16-,17+/m1/s1. The molecule has 0 amide bonds. The highest BCUT2D eigenvalue weighted by Gasteiger charge is 2.29. The second kappa shape index (κ2) is 7.06. The van der Waals surface area contributed by atoms with Crippen molar-refractivity contribution in [3.8, 4) is 0 Å². The Bertz CT molecular complexity index is 608. The fraction of sp³-hybridized carbons (Fsp3) is 0.389. The first-order valence-electron chi connectivity index (χ1n) is 7.73. The molecule has 122 valence electrons. The Morgan fingerprint density at radius 2 is 1.83 bits per heavy atom. The van der Waals surface area contributed by atoms with Crippen LogP contribution in [0.15, 0.2) is 48.6 Å². The van der Waals surface area contributed by atoms with Gasteiger partial charge in [0.1, 0.15) is 11.9 Å². The zero-order valence-electron chi connectivity index (χ0n) is 12.6. The van der Waals surface area contributed by atoms with Gasteiger partial charge in [0.15, 0.2) is 0 Å². The third-order valence-electron chi connectivity index (χ3n) is 4.02. The van der Waals surface area contributed by atoms with E-state index >= 15 is 0 Å². The average Bonchev–Trinajstić information content (AvgIpc) is 2.56. The van der Waals surface area contributed by atoms with Crippen LogP contribution in [0.1, 0.15) is 30.9 Å². The molecule has 2 aliphatic heterocycles. The third kappa shape index (κ3) is 4.06. The van der Waals surface area contributed by atoms with E-state index < -0.39 is 24.3 Å². The number of rotatable bonds is 1. The van der Waals surface area contributed by atoms with Gasteiger partial charge >= 0.3 is 5.97 Å². The van der Waals surface area contributed by atoms with Crippen LogP contribution in [0.3, 0.4) is 0 Å². The number of cyclic esters (lactones) is 1. The summed E-state index contributed by atoms with van der Waals surface area (Å²) in [5, 5.41) is 9.92. The summed E-state index contributed by atoms with van der Waals surface area (Å²) in [6.07, 6.45) is 6.53. The summed E-state index contributed by atoms with van der Waals surface area (Å²) in [7, 11) is 0. The largest absolute Gasteiger partial charge is 0.457 e. The van der Waals surface area contributed by atoms with Gasteiger partial charge in [-0.05, 0) is 24.1 Å². The predicted molar refractivity (Wildman–Crippen MR) is 82.0 cm³/mol. The number of carbonyl (C=O) groups excluding carboxylic acids is 1. The van der Waals surface area contributed by atoms with Gasteiger partial charge in [-0.25, -0.2) is 4.39 Å². The minimum Gasteiger partial charge on any atom is -0.457 e. The molecule has 2 heterocycles. The number of ether oxygens (including phenoxy) is 2. The predicted octanol–water partition coefficient (Wildman–Crippen LogP) is 2.83. The van der Waals surface area contributed by atoms with Crippen molar-refractivity contribution in [2.24, 2.45) is 0 Å². The van der Waals surface area contributed by atoms with Crippen LogP contribution >= 0.6 is 0 Å². The summed E-state index contributed by atoms with van der Waals surface area (Å²) < 4.78 is 24.3. The number of carbonyl (C=O) groups is 1. The fourth-order valence-electron chi connectivity index (χ4n) is 2.77. The van der Waals surface area contributed by atoms with Crippen LogP contribution in [0.5, 0.6) is 0 Å². The van der Waals surface area contributed by atoms with Crippen LogP contribution in [0, 0.1) is 5.82 Å². The summed E-state index contributed by atoms with van der Waals surface area (Å²) in [6.45, 7) is 0. The van der Waals surface area contributed by atoms with Crippen LogP contribution in [0.25, 0.3) is 0 Å². The van der Waals surface area contributed by atoms with Crippen LogP contribution in [-0.4, -0.2) is 29.4 Å². The van der Waals surface area contributed by atoms with Gasteiger partial charge in [0.2, 0.25) is 0 Å². The van der Waals surface area contributed by atoms with Crippen molar-refractivity contribution in [1.82, 2.24) is 0 Å². The van der Waals surface area contributed by atoms with Crippen molar-refractivity contribution in [3.63, 3.8) is 0 Å². The van der Waals surface area contributed by atoms with E-state index in [1.165, 1.54) is 12.1 Å². The second-order valence-electron chi connectivity index (χ2n) is 5.77. The van der Waals surface area contributed by atoms with Crippen LogP contribution in [0.4, 0.5) is 4.39 Å². The Morgan fingerprint density at radius 1 is 1.09 bits per heavy atom. The quantitative estimate of drug-likeness (QED) is 0.639. The van der Waals surface area contributed by atoms with Crippen molar-refractivity contribution in [2.45, 2.75) is 43.7 Å². The Hall–Kier alpha value is -1.98. The molecule has 4 atom stereocenters. The summed E-state index contributed by atoms with van der Waals surface area (Å²) in [5.41, 5.74) is 0.742. The van der Waals surface area contributed by atoms with Crippen molar-refractivity contribution in [1.29, 1.82) is 0 Å². The highest BCUT2D eigenvalue weighted by molar-refractivity contribution is 5.70. The van der Waals surface area contributed by atoms with Crippen molar-refractivity contribution in [2.75, 3.05) is 0 Å². The van der Waals surface area contributed by atoms with Crippen LogP contribution < -0.4 is 0 Å². The minimum atomic E-state index is -0.812. The van der Waals surface area contributed by atoms with E-state index in [0.29, 0.717) is 12.8 Å². The molecule has 0 unspecified atom stereocenters. The van der Waals surface area contributed by atoms with Crippen molar-refractivity contribution >= 4 is 5.97 Å². The maximum atomic E-state index is 13.1. The first-order valence-corrected chi connectivity index (χ1v) is 7.73. The Kier molecular flexibility index (Phi) is 4.88. The van der Waals surface area contributed by atoms with Gasteiger partial charge in [-0.15, -0.1) is 0 Å². The highest BCUT2D eigenvalue weighted by atomic mass is 19.1. The van der Waals surface area contributed by atoms with E-state index in [1.54, 1.807) is 18.2 Å². The van der Waals surface area contributed by atoms with Crippen molar-refractivity contribution in [3.05, 3.63) is 60.0 Å². The SMILES string of the molecule is O=C1C[C@@H]2O[C@@H](C=C[C@@H]2O)C/C=C\C[C@H](c2ccc(F)cc2)O1. The monoisotopic (exact) mass is 318 g/mol. The van der Waals surface area contributed by atoms with Gasteiger partial charge in [-0.1, -0.05) is 36.4 Å². The normalized spacial score (nSPS) is 32.7. The molecule has 1 aromatic carbocycles. The smallest absolute Gasteiger partial charge is 0.309 e. The molecule has 0 aromatic heterocycles. The maximum Gasteiger partial charge on any atom is 0.309 e. The van der Waals surface area contributed by atoms with Gasteiger partial charge in [0.05, 0.1) is 24.7 Å². The lowest BCUT2D eigenvalue weighted by Gasteiger charge is -2.28. The summed E-state index contributed by atoms with van der Waals surface area (Å²) in [5.74, 6) is -0.767. The van der Waals surface area contributed by atoms with E-state index in [4.69, 9.17) is 9.47 Å². The van der Waals surface area contributed by atoms with Gasteiger partial charge in [0.25, 0.3) is 0 Å². The fourth-order valence-corrected chi connectivity index (χ4v) is 2.77. The molecular formula is C18H19FO4. The number of halogens is 1. The lowest BCUT2D eigenvalue weighted by atomic mass is 10.0. The molecule has 3 rings (SSSR count). The van der Waals surface area contributed by atoms with Gasteiger partial charge in [0, 0.05) is 6.42 Å². The molecular weight excluding hydrogens is 299 g/mol. The van der Waals surface area contributed by atoms with Gasteiger partial charge in [-0.2, -0.15) is 0 Å². The molecule has 0 aliphatic carbocycles. The molecule has 2 bridgehead atoms. The van der Waals surface area contributed by atoms with Crippen LogP contribution in [0.2, 0.25) is 0 Å². The molecule has 0 radical (unpaired) electrons. The average molecular weight is 318 g/mol. The number of esters is 1. The molecule has 1 N–H and O–H groups in total. The van der Waals surface area contributed by atoms with E-state index in [0.717, 1.165) is 5.56 Å². The van der Waals surface area contributed by atoms with E-state index in [1.807, 2.05) is 18.2 Å². The van der Waals surface area contributed by atoms with E-state index in [2.05, 4.69) is 0 Å². The Balaban J connectivity index is 1.79. The molecule has 0 saturated carbocycles. The van der Waals surface area contributed by atoms with Crippen molar-refractivity contribution < 1.29 is 23.8 Å². The number of benzene rings is 1. The summed E-state index contributed by atoms with van der Waals surface area (Å²) in [4.78, 5) is 12.2. The molecule has 0 spiro atoms. The van der Waals surface area contributed by atoms with Gasteiger partial charge in [-0.3, -0.25) is 4.79 Å². The Labute approximate surface area is 134 Å². The van der Waals surface area contributed by atoms with Gasteiger partial charge < -0.3 is 14.6 Å². The molecule has 0 saturated heterocycles. The molecule has 4 nitrogen and oxygen atoms in total. The zero-order valence-corrected chi connectivity index (χ0v) is 12.6. The first-order chi connectivity index (χ1) is 11.1. The van der Waals surface area contributed by atoms with Crippen LogP contribution in [-0.2, 0) is 14.3 Å². The molecule has 1 aromatic rings. The zero-order chi connectivity index (χ0) is 16.2. The Morgan fingerprint density at radius 3 is 2.61 bits per heavy atom. The molecule has 0 fully saturated rings. The van der Waals surface area contributed by atoms with E-state index in [-0.39, 0.29) is 18.3 Å². The second-order valence-corrected chi connectivity index (χ2v) is 5.77. The number of aliphatic hydroxyl groups is 1. The first kappa shape index (κ1) is 15.9. The lowest BCUT2D eigenvalue weighted by molar-refractivity contribution is -0.156. The highest BCUT2D eigenvalue weighted by Crippen LogP contribution is 2.26. The lowest BCUT2D eigenvalue weighted by Crippen LogP contribution is -2.37. The number of hydrogen-bond donors (Lipinski definition) is 1. The maximum absolute atomic E-state index is 13.1. The summed E-state index contributed by atoms with van der Waals surface area (Å²) in [6, 6.07) is 5.93. The number of aliphatic hydroxyl groups excluding tert-OH is 1. The molecule has 23 heavy (non-hydrogen) atoms. The topological polar surface area (TPSA) is 55.8 Å². The minimum absolute atomic E-state index is 0.0142. The van der Waals surface area contributed by atoms with E-state index in [9.17, 15) is 14.3 Å². The number of hydrogen-bond acceptors (Lipinski definition) is 4.